The van der Waals surface area contributed by atoms with Crippen LogP contribution >= 0.6 is 0 Å². The Balaban J connectivity index is 1.71. The Morgan fingerprint density at radius 2 is 2.22 bits per heavy atom. The van der Waals surface area contributed by atoms with E-state index in [0.29, 0.717) is 12.0 Å². The summed E-state index contributed by atoms with van der Waals surface area (Å²) < 4.78 is 5.61. The lowest BCUT2D eigenvalue weighted by Gasteiger charge is -2.28. The second kappa shape index (κ2) is 3.32. The van der Waals surface area contributed by atoms with Gasteiger partial charge in [0.05, 0.1) is 5.71 Å². The van der Waals surface area contributed by atoms with Crippen LogP contribution in [0.15, 0.2) is 29.4 Å². The lowest BCUT2D eigenvalue weighted by molar-refractivity contribution is -0.0428. The second-order valence-electron chi connectivity index (χ2n) is 4.84. The first kappa shape index (κ1) is 10.1. The van der Waals surface area contributed by atoms with E-state index in [9.17, 15) is 4.79 Å². The Labute approximate surface area is 104 Å². The molecule has 3 heterocycles. The van der Waals surface area contributed by atoms with E-state index in [1.54, 1.807) is 4.90 Å². The summed E-state index contributed by atoms with van der Waals surface area (Å²) in [5.41, 5.74) is 2.60. The van der Waals surface area contributed by atoms with Crippen molar-refractivity contribution in [3.63, 3.8) is 0 Å². The monoisotopic (exact) mass is 244 g/mol. The van der Waals surface area contributed by atoms with Gasteiger partial charge in [-0.25, -0.2) is 0 Å². The molecule has 0 radical (unpaired) electrons. The highest BCUT2D eigenvalue weighted by Crippen LogP contribution is 2.48. The van der Waals surface area contributed by atoms with Crippen molar-refractivity contribution in [2.45, 2.75) is 31.9 Å². The van der Waals surface area contributed by atoms with Crippen LogP contribution in [0.3, 0.4) is 0 Å². The highest BCUT2D eigenvalue weighted by molar-refractivity contribution is 5.98. The van der Waals surface area contributed by atoms with Gasteiger partial charge < -0.3 is 9.57 Å². The third-order valence-corrected chi connectivity index (χ3v) is 3.59. The Morgan fingerprint density at radius 1 is 1.39 bits per heavy atom. The van der Waals surface area contributed by atoms with Crippen molar-refractivity contribution < 1.29 is 14.4 Å². The molecule has 1 aromatic rings. The first-order valence-electron chi connectivity index (χ1n) is 6.02. The SMILES string of the molecule is CC1=NOC(N2C(=O)c3ccccc3[C@@H]3OC32)C1. The molecule has 0 spiro atoms. The van der Waals surface area contributed by atoms with Gasteiger partial charge in [0, 0.05) is 12.0 Å². The van der Waals surface area contributed by atoms with Gasteiger partial charge >= 0.3 is 0 Å². The molecule has 0 N–H and O–H groups in total. The Kier molecular flexibility index (Phi) is 1.86. The van der Waals surface area contributed by atoms with Crippen LogP contribution in [-0.2, 0) is 9.57 Å². The smallest absolute Gasteiger partial charge is 0.259 e. The van der Waals surface area contributed by atoms with Crippen LogP contribution < -0.4 is 0 Å². The minimum Gasteiger partial charge on any atom is -0.370 e. The summed E-state index contributed by atoms with van der Waals surface area (Å²) >= 11 is 0. The molecular formula is C13H12N2O3. The number of rotatable bonds is 1. The van der Waals surface area contributed by atoms with E-state index in [0.717, 1.165) is 11.3 Å². The minimum atomic E-state index is -0.319. The van der Waals surface area contributed by atoms with Gasteiger partial charge in [-0.05, 0) is 18.6 Å². The molecule has 0 aliphatic carbocycles. The third kappa shape index (κ3) is 1.25. The van der Waals surface area contributed by atoms with Crippen LogP contribution in [0.5, 0.6) is 0 Å². The molecule has 5 heteroatoms. The normalized spacial score (nSPS) is 32.5. The topological polar surface area (TPSA) is 54.4 Å². The number of carbonyl (C=O) groups excluding carboxylic acids is 1. The van der Waals surface area contributed by atoms with Gasteiger partial charge in [-0.2, -0.15) is 0 Å². The van der Waals surface area contributed by atoms with E-state index < -0.39 is 0 Å². The number of hydrogen-bond donors (Lipinski definition) is 0. The summed E-state index contributed by atoms with van der Waals surface area (Å²) in [4.78, 5) is 19.4. The number of nitrogens with zero attached hydrogens (tertiary/aromatic N) is 2. The van der Waals surface area contributed by atoms with Gasteiger partial charge in [-0.15, -0.1) is 0 Å². The van der Waals surface area contributed by atoms with Gasteiger partial charge in [0.15, 0.2) is 6.23 Å². The number of benzene rings is 1. The number of fused-ring (bicyclic) bond motifs is 3. The van der Waals surface area contributed by atoms with Crippen molar-refractivity contribution in [1.82, 2.24) is 4.90 Å². The van der Waals surface area contributed by atoms with Crippen molar-refractivity contribution in [1.29, 1.82) is 0 Å². The molecule has 92 valence electrons. The number of ether oxygens (including phenoxy) is 1. The Bertz CT molecular complexity index is 569. The van der Waals surface area contributed by atoms with E-state index in [1.807, 2.05) is 31.2 Å². The van der Waals surface area contributed by atoms with Crippen molar-refractivity contribution in [2.24, 2.45) is 5.16 Å². The van der Waals surface area contributed by atoms with Crippen molar-refractivity contribution in [3.8, 4) is 0 Å². The maximum Gasteiger partial charge on any atom is 0.259 e. The maximum atomic E-state index is 12.5. The molecule has 0 aromatic heterocycles. The molecule has 1 fully saturated rings. The van der Waals surface area contributed by atoms with Crippen molar-refractivity contribution in [2.75, 3.05) is 0 Å². The predicted molar refractivity (Wildman–Crippen MR) is 62.8 cm³/mol. The number of hydrogen-bond acceptors (Lipinski definition) is 4. The third-order valence-electron chi connectivity index (χ3n) is 3.59. The molecule has 3 atom stereocenters. The summed E-state index contributed by atoms with van der Waals surface area (Å²) in [7, 11) is 0. The highest BCUT2D eigenvalue weighted by atomic mass is 16.7. The number of amides is 1. The molecule has 18 heavy (non-hydrogen) atoms. The van der Waals surface area contributed by atoms with Gasteiger partial charge in [0.1, 0.15) is 6.10 Å². The Morgan fingerprint density at radius 3 is 3.00 bits per heavy atom. The second-order valence-corrected chi connectivity index (χ2v) is 4.84. The Hall–Kier alpha value is -1.88. The standard InChI is InChI=1S/C13H12N2O3/c1-7-6-10(18-14-7)15-12(16)9-5-3-2-4-8(9)11-13(15)17-11/h2-5,10-11,13H,6H2,1H3/t10?,11-,13?/m0/s1. The van der Waals surface area contributed by atoms with Gasteiger partial charge in [0.25, 0.3) is 5.91 Å². The van der Waals surface area contributed by atoms with Gasteiger partial charge in [-0.3, -0.25) is 9.69 Å². The molecule has 5 nitrogen and oxygen atoms in total. The van der Waals surface area contributed by atoms with E-state index >= 15 is 0 Å². The average Bonchev–Trinajstić information content (AvgIpc) is 3.06. The van der Waals surface area contributed by atoms with E-state index in [-0.39, 0.29) is 24.5 Å². The fourth-order valence-corrected chi connectivity index (χ4v) is 2.66. The van der Waals surface area contributed by atoms with Gasteiger partial charge in [0.2, 0.25) is 6.23 Å². The van der Waals surface area contributed by atoms with Crippen LogP contribution in [0.25, 0.3) is 0 Å². The molecule has 1 aromatic carbocycles. The fourth-order valence-electron chi connectivity index (χ4n) is 2.66. The first-order chi connectivity index (χ1) is 8.75. The summed E-state index contributed by atoms with van der Waals surface area (Å²) in [5, 5.41) is 3.90. The molecule has 0 bridgehead atoms. The maximum absolute atomic E-state index is 12.5. The van der Waals surface area contributed by atoms with Crippen molar-refractivity contribution >= 4 is 11.6 Å². The predicted octanol–water partition coefficient (Wildman–Crippen LogP) is 1.66. The number of oxime groups is 1. The van der Waals surface area contributed by atoms with Crippen molar-refractivity contribution in [3.05, 3.63) is 35.4 Å². The molecule has 3 aliphatic heterocycles. The fraction of sp³-hybridized carbons (Fsp3) is 0.385. The average molecular weight is 244 g/mol. The summed E-state index contributed by atoms with van der Waals surface area (Å²) in [6.45, 7) is 1.90. The largest absolute Gasteiger partial charge is 0.370 e. The number of epoxide rings is 1. The zero-order chi connectivity index (χ0) is 12.3. The molecule has 1 amide bonds. The minimum absolute atomic E-state index is 0.00315. The van der Waals surface area contributed by atoms with Gasteiger partial charge in [-0.1, -0.05) is 23.4 Å². The van der Waals surface area contributed by atoms with Crippen LogP contribution in [0.2, 0.25) is 0 Å². The quantitative estimate of drug-likeness (QED) is 0.706. The summed E-state index contributed by atoms with van der Waals surface area (Å²) in [6, 6.07) is 7.59. The molecule has 0 saturated carbocycles. The first-order valence-corrected chi connectivity index (χ1v) is 6.02. The zero-order valence-corrected chi connectivity index (χ0v) is 9.87. The lowest BCUT2D eigenvalue weighted by Crippen LogP contribution is -2.45. The van der Waals surface area contributed by atoms with E-state index in [4.69, 9.17) is 9.57 Å². The highest BCUT2D eigenvalue weighted by Gasteiger charge is 2.55. The molecular weight excluding hydrogens is 232 g/mol. The van der Waals surface area contributed by atoms with Crippen LogP contribution in [0.1, 0.15) is 35.4 Å². The van der Waals surface area contributed by atoms with Crippen LogP contribution in [-0.4, -0.2) is 29.0 Å². The summed E-state index contributed by atoms with van der Waals surface area (Å²) in [5.74, 6) is -0.0285. The molecule has 3 aliphatic rings. The molecule has 4 rings (SSSR count). The molecule has 1 saturated heterocycles. The van der Waals surface area contributed by atoms with E-state index in [2.05, 4.69) is 5.16 Å². The lowest BCUT2D eigenvalue weighted by atomic mass is 9.98. The number of carbonyl (C=O) groups is 1. The zero-order valence-electron chi connectivity index (χ0n) is 9.87. The van der Waals surface area contributed by atoms with Crippen LogP contribution in [0.4, 0.5) is 0 Å². The van der Waals surface area contributed by atoms with Crippen LogP contribution in [0, 0.1) is 0 Å². The summed E-state index contributed by atoms with van der Waals surface area (Å²) in [6.07, 6.45) is 0.156. The molecule has 2 unspecified atom stereocenters. The van der Waals surface area contributed by atoms with E-state index in [1.165, 1.54) is 0 Å².